The zero-order valence-electron chi connectivity index (χ0n) is 8.89. The molecule has 0 aliphatic carbocycles. The molecule has 1 unspecified atom stereocenters. The molecule has 5 heteroatoms. The van der Waals surface area contributed by atoms with Crippen molar-refractivity contribution in [2.45, 2.75) is 12.0 Å². The molecule has 2 aliphatic heterocycles. The van der Waals surface area contributed by atoms with Gasteiger partial charge < -0.3 is 10.6 Å². The van der Waals surface area contributed by atoms with Crippen LogP contribution in [0, 0.1) is 0 Å². The number of rotatable bonds is 0. The number of halogens is 2. The van der Waals surface area contributed by atoms with Gasteiger partial charge in [0.05, 0.1) is 5.54 Å². The van der Waals surface area contributed by atoms with E-state index >= 15 is 0 Å². The van der Waals surface area contributed by atoms with Crippen LogP contribution in [0.15, 0.2) is 24.4 Å². The lowest BCUT2D eigenvalue weighted by Gasteiger charge is -2.30. The summed E-state index contributed by atoms with van der Waals surface area (Å²) < 4.78 is 0. The molecule has 1 atom stereocenters. The highest BCUT2D eigenvalue weighted by atomic mass is 35.5. The topological polar surface area (TPSA) is 41.1 Å². The van der Waals surface area contributed by atoms with Crippen LogP contribution >= 0.6 is 23.2 Å². The largest absolute Gasteiger partial charge is 0.391 e. The molecule has 0 saturated carbocycles. The van der Waals surface area contributed by atoms with Crippen molar-refractivity contribution < 1.29 is 4.79 Å². The summed E-state index contributed by atoms with van der Waals surface area (Å²) >= 11 is 12.2. The quantitative estimate of drug-likeness (QED) is 0.759. The molecule has 3 rings (SSSR count). The van der Waals surface area contributed by atoms with Crippen molar-refractivity contribution in [3.05, 3.63) is 45.6 Å². The first kappa shape index (κ1) is 10.9. The van der Waals surface area contributed by atoms with Gasteiger partial charge in [-0.15, -0.1) is 0 Å². The molecule has 2 heterocycles. The Labute approximate surface area is 109 Å². The maximum Gasteiger partial charge on any atom is 0.252 e. The number of carbonyl (C=O) groups excluding carboxylic acids is 1. The fourth-order valence-electron chi connectivity index (χ4n) is 2.49. The van der Waals surface area contributed by atoms with Crippen LogP contribution in [0.5, 0.6) is 0 Å². The molecule has 88 valence electrons. The summed E-state index contributed by atoms with van der Waals surface area (Å²) in [6, 6.07) is 3.35. The van der Waals surface area contributed by atoms with Gasteiger partial charge in [-0.3, -0.25) is 4.79 Å². The highest BCUT2D eigenvalue weighted by Gasteiger charge is 2.43. The molecule has 0 saturated heterocycles. The van der Waals surface area contributed by atoms with Crippen molar-refractivity contribution in [3.63, 3.8) is 0 Å². The summed E-state index contributed by atoms with van der Waals surface area (Å²) in [6.45, 7) is 0.801. The van der Waals surface area contributed by atoms with Crippen LogP contribution in [-0.2, 0) is 5.54 Å². The van der Waals surface area contributed by atoms with Crippen LogP contribution in [0.3, 0.4) is 0 Å². The summed E-state index contributed by atoms with van der Waals surface area (Å²) in [5.41, 5.74) is 0.944. The Morgan fingerprint density at radius 3 is 2.82 bits per heavy atom. The minimum Gasteiger partial charge on any atom is -0.391 e. The number of amides is 1. The normalized spacial score (nSPS) is 25.6. The van der Waals surface area contributed by atoms with Gasteiger partial charge >= 0.3 is 0 Å². The molecular formula is C12H10Cl2N2O. The summed E-state index contributed by atoms with van der Waals surface area (Å²) in [5, 5.41) is 7.13. The van der Waals surface area contributed by atoms with Gasteiger partial charge in [-0.05, 0) is 30.8 Å². The van der Waals surface area contributed by atoms with E-state index in [0.717, 1.165) is 18.5 Å². The van der Waals surface area contributed by atoms with Gasteiger partial charge in [0.2, 0.25) is 0 Å². The summed E-state index contributed by atoms with van der Waals surface area (Å²) in [7, 11) is 0. The van der Waals surface area contributed by atoms with Gasteiger partial charge in [-0.2, -0.15) is 0 Å². The molecule has 2 aliphatic rings. The molecule has 17 heavy (non-hydrogen) atoms. The highest BCUT2D eigenvalue weighted by Crippen LogP contribution is 2.41. The van der Waals surface area contributed by atoms with Gasteiger partial charge in [0.1, 0.15) is 0 Å². The molecule has 1 amide bonds. The van der Waals surface area contributed by atoms with E-state index in [2.05, 4.69) is 10.6 Å². The Morgan fingerprint density at radius 2 is 2.12 bits per heavy atom. The van der Waals surface area contributed by atoms with E-state index < -0.39 is 5.54 Å². The van der Waals surface area contributed by atoms with Crippen molar-refractivity contribution >= 4 is 29.1 Å². The van der Waals surface area contributed by atoms with Crippen LogP contribution in [-0.4, -0.2) is 12.5 Å². The summed E-state index contributed by atoms with van der Waals surface area (Å²) in [6.07, 6.45) is 4.58. The lowest BCUT2D eigenvalue weighted by molar-refractivity contribution is 0.0939. The van der Waals surface area contributed by atoms with Crippen molar-refractivity contribution in [3.8, 4) is 0 Å². The first-order valence-electron chi connectivity index (χ1n) is 5.35. The van der Waals surface area contributed by atoms with Gasteiger partial charge in [-0.25, -0.2) is 0 Å². The average molecular weight is 269 g/mol. The van der Waals surface area contributed by atoms with Gasteiger partial charge in [-0.1, -0.05) is 23.2 Å². The second-order valence-corrected chi connectivity index (χ2v) is 5.12. The highest BCUT2D eigenvalue weighted by molar-refractivity contribution is 6.36. The molecule has 3 nitrogen and oxygen atoms in total. The second-order valence-electron chi connectivity index (χ2n) is 4.27. The van der Waals surface area contributed by atoms with E-state index in [9.17, 15) is 4.79 Å². The van der Waals surface area contributed by atoms with Crippen molar-refractivity contribution in [1.82, 2.24) is 10.6 Å². The van der Waals surface area contributed by atoms with E-state index in [0.29, 0.717) is 15.6 Å². The first-order valence-corrected chi connectivity index (χ1v) is 6.11. The molecule has 1 spiro atoms. The molecule has 0 radical (unpaired) electrons. The predicted octanol–water partition coefficient (Wildman–Crippen LogP) is 2.44. The van der Waals surface area contributed by atoms with E-state index in [1.165, 1.54) is 0 Å². The Bertz CT molecular complexity index is 542. The Balaban J connectivity index is 2.25. The van der Waals surface area contributed by atoms with Gasteiger partial charge in [0.15, 0.2) is 0 Å². The van der Waals surface area contributed by atoms with Crippen LogP contribution in [0.25, 0.3) is 0 Å². The minimum atomic E-state index is -0.473. The summed E-state index contributed by atoms with van der Waals surface area (Å²) in [4.78, 5) is 12.0. The summed E-state index contributed by atoms with van der Waals surface area (Å²) in [5.74, 6) is -0.115. The first-order chi connectivity index (χ1) is 8.12. The third-order valence-electron chi connectivity index (χ3n) is 3.23. The Hall–Kier alpha value is -1.19. The average Bonchev–Trinajstić information content (AvgIpc) is 2.53. The number of hydrogen-bond donors (Lipinski definition) is 2. The predicted molar refractivity (Wildman–Crippen MR) is 67.4 cm³/mol. The molecule has 0 fully saturated rings. The molecule has 2 N–H and O–H groups in total. The standard InChI is InChI=1S/C12H10Cl2N2O/c13-7-5-8-10(9(14)6-7)12(16-11(8)17)1-3-15-4-2-12/h1,3,5-6,15H,2,4H2,(H,16,17). The smallest absolute Gasteiger partial charge is 0.252 e. The van der Waals surface area contributed by atoms with Crippen molar-refractivity contribution in [2.75, 3.05) is 6.54 Å². The third-order valence-corrected chi connectivity index (χ3v) is 3.75. The molecular weight excluding hydrogens is 259 g/mol. The van der Waals surface area contributed by atoms with Crippen molar-refractivity contribution in [1.29, 1.82) is 0 Å². The fourth-order valence-corrected chi connectivity index (χ4v) is 3.15. The zero-order chi connectivity index (χ0) is 12.0. The van der Waals surface area contributed by atoms with Crippen LogP contribution in [0.4, 0.5) is 0 Å². The number of nitrogens with one attached hydrogen (secondary N) is 2. The number of hydrogen-bond acceptors (Lipinski definition) is 2. The lowest BCUT2D eigenvalue weighted by atomic mass is 9.86. The number of benzene rings is 1. The maximum absolute atomic E-state index is 12.0. The van der Waals surface area contributed by atoms with E-state index in [-0.39, 0.29) is 5.91 Å². The van der Waals surface area contributed by atoms with Crippen LogP contribution in [0.2, 0.25) is 10.0 Å². The lowest BCUT2D eigenvalue weighted by Crippen LogP contribution is -2.42. The minimum absolute atomic E-state index is 0.115. The Morgan fingerprint density at radius 1 is 1.29 bits per heavy atom. The zero-order valence-corrected chi connectivity index (χ0v) is 10.4. The van der Waals surface area contributed by atoms with E-state index in [1.807, 2.05) is 12.3 Å². The van der Waals surface area contributed by atoms with Crippen molar-refractivity contribution in [2.24, 2.45) is 0 Å². The van der Waals surface area contributed by atoms with Crippen LogP contribution < -0.4 is 10.6 Å². The number of fused-ring (bicyclic) bond motifs is 2. The molecule has 0 bridgehead atoms. The SMILES string of the molecule is O=C1NC2(C=CNCC2)c2c(Cl)cc(Cl)cc21. The third kappa shape index (κ3) is 1.53. The molecule has 1 aromatic carbocycles. The molecule has 0 aromatic heterocycles. The fraction of sp³-hybridized carbons (Fsp3) is 0.250. The Kier molecular flexibility index (Phi) is 2.35. The maximum atomic E-state index is 12.0. The monoisotopic (exact) mass is 268 g/mol. The van der Waals surface area contributed by atoms with E-state index in [4.69, 9.17) is 23.2 Å². The van der Waals surface area contributed by atoms with Crippen LogP contribution in [0.1, 0.15) is 22.3 Å². The molecule has 1 aromatic rings. The van der Waals surface area contributed by atoms with Gasteiger partial charge in [0.25, 0.3) is 5.91 Å². The second kappa shape index (κ2) is 3.65. The van der Waals surface area contributed by atoms with E-state index in [1.54, 1.807) is 12.1 Å². The number of carbonyl (C=O) groups is 1. The van der Waals surface area contributed by atoms with Gasteiger partial charge in [0, 0.05) is 27.7 Å².